The molecule has 6 nitrogen and oxygen atoms in total. The number of halogens is 1. The lowest BCUT2D eigenvalue weighted by Gasteiger charge is -2.37. The first kappa shape index (κ1) is 19.4. The summed E-state index contributed by atoms with van der Waals surface area (Å²) in [5, 5.41) is -0.449. The highest BCUT2D eigenvalue weighted by Gasteiger charge is 2.51. The second-order valence-electron chi connectivity index (χ2n) is 9.38. The molecule has 154 valence electrons. The summed E-state index contributed by atoms with van der Waals surface area (Å²) in [5.41, 5.74) is -0.268. The van der Waals surface area contributed by atoms with E-state index in [-0.39, 0.29) is 29.6 Å². The number of sulfonamides is 1. The van der Waals surface area contributed by atoms with Crippen LogP contribution in [0.5, 0.6) is 0 Å². The summed E-state index contributed by atoms with van der Waals surface area (Å²) >= 11 is 0. The average molecular weight is 402 g/mol. The Morgan fingerprint density at radius 1 is 1.15 bits per heavy atom. The van der Waals surface area contributed by atoms with Crippen molar-refractivity contribution in [3.63, 3.8) is 0 Å². The van der Waals surface area contributed by atoms with Crippen LogP contribution in [0.25, 0.3) is 0 Å². The molecule has 0 radical (unpaired) electrons. The molecule has 1 N–H and O–H groups in total. The monoisotopic (exact) mass is 401 g/mol. The van der Waals surface area contributed by atoms with Gasteiger partial charge in [-0.05, 0) is 51.9 Å². The number of likely N-dealkylation sites (N-methyl/N-ethyl adjacent to an activating group) is 1. The topological polar surface area (TPSA) is 69.7 Å². The molecule has 1 aliphatic heterocycles. The smallest absolute Gasteiger partial charge is 0.320 e. The fraction of sp³-hybridized carbons (Fsp3) is 0.947. The second kappa shape index (κ2) is 6.87. The number of hydrogen-bond acceptors (Lipinski definition) is 3. The van der Waals surface area contributed by atoms with Crippen LogP contribution in [0.15, 0.2) is 0 Å². The number of alkyl halides is 1. The van der Waals surface area contributed by atoms with Crippen molar-refractivity contribution in [2.45, 2.75) is 93.8 Å². The van der Waals surface area contributed by atoms with E-state index in [1.165, 1.54) is 0 Å². The Hall–Kier alpha value is -0.890. The van der Waals surface area contributed by atoms with E-state index in [0.29, 0.717) is 32.2 Å². The fourth-order valence-electron chi connectivity index (χ4n) is 5.19. The van der Waals surface area contributed by atoms with Crippen molar-refractivity contribution < 1.29 is 17.6 Å². The number of urea groups is 1. The molecule has 0 aromatic carbocycles. The number of hydrogen-bond donors (Lipinski definition) is 1. The maximum absolute atomic E-state index is 14.3. The molecular formula is C19H32FN3O3S. The predicted molar refractivity (Wildman–Crippen MR) is 102 cm³/mol. The first-order chi connectivity index (χ1) is 12.7. The first-order valence-electron chi connectivity index (χ1n) is 10.4. The van der Waals surface area contributed by atoms with Crippen LogP contribution in [-0.2, 0) is 10.0 Å². The van der Waals surface area contributed by atoms with Crippen LogP contribution in [0.3, 0.4) is 0 Å². The summed E-state index contributed by atoms with van der Waals surface area (Å²) in [6.45, 7) is 2.42. The maximum atomic E-state index is 14.3. The van der Waals surface area contributed by atoms with Crippen molar-refractivity contribution in [1.82, 2.24) is 14.5 Å². The van der Waals surface area contributed by atoms with Crippen molar-refractivity contribution in [3.8, 4) is 0 Å². The zero-order valence-corrected chi connectivity index (χ0v) is 17.2. The summed E-state index contributed by atoms with van der Waals surface area (Å²) in [5.74, 6) is -0.0761. The lowest BCUT2D eigenvalue weighted by molar-refractivity contribution is 0.111. The molecule has 5 unspecified atom stereocenters. The zero-order chi connectivity index (χ0) is 19.4. The fourth-order valence-corrected chi connectivity index (χ4v) is 7.15. The number of fused-ring (bicyclic) bond motifs is 1. The van der Waals surface area contributed by atoms with Gasteiger partial charge in [0.05, 0.1) is 17.3 Å². The molecule has 0 aromatic rings. The Balaban J connectivity index is 1.44. The molecule has 0 spiro atoms. The Morgan fingerprint density at radius 2 is 1.85 bits per heavy atom. The third-order valence-electron chi connectivity index (χ3n) is 7.25. The maximum Gasteiger partial charge on any atom is 0.320 e. The number of nitrogens with zero attached hydrogens (tertiary/aromatic N) is 2. The highest BCUT2D eigenvalue weighted by molar-refractivity contribution is 7.90. The molecule has 3 saturated carbocycles. The SMILES string of the molecule is CN1C(=O)N(CC2CCCCC2F)C2CCC(S(=O)(=O)NC3(C)CC3)CC21. The van der Waals surface area contributed by atoms with Gasteiger partial charge in [-0.2, -0.15) is 0 Å². The minimum absolute atomic E-state index is 0.0135. The van der Waals surface area contributed by atoms with Crippen LogP contribution in [-0.4, -0.2) is 66.9 Å². The van der Waals surface area contributed by atoms with Gasteiger partial charge in [-0.25, -0.2) is 22.3 Å². The highest BCUT2D eigenvalue weighted by Crippen LogP contribution is 2.40. The minimum Gasteiger partial charge on any atom is -0.323 e. The molecular weight excluding hydrogens is 369 g/mol. The molecule has 2 amide bonds. The number of rotatable bonds is 5. The van der Waals surface area contributed by atoms with Crippen molar-refractivity contribution in [2.24, 2.45) is 5.92 Å². The summed E-state index contributed by atoms with van der Waals surface area (Å²) in [6, 6.07) is -0.149. The van der Waals surface area contributed by atoms with Crippen LogP contribution >= 0.6 is 0 Å². The average Bonchev–Trinajstić information content (AvgIpc) is 3.29. The van der Waals surface area contributed by atoms with E-state index in [1.807, 2.05) is 11.8 Å². The van der Waals surface area contributed by atoms with Crippen LogP contribution in [0.4, 0.5) is 9.18 Å². The van der Waals surface area contributed by atoms with Crippen LogP contribution < -0.4 is 4.72 Å². The Labute approximate surface area is 161 Å². The van der Waals surface area contributed by atoms with Gasteiger partial charge in [-0.1, -0.05) is 12.8 Å². The molecule has 1 saturated heterocycles. The molecule has 4 rings (SSSR count). The third-order valence-corrected chi connectivity index (χ3v) is 9.34. The molecule has 27 heavy (non-hydrogen) atoms. The molecule has 0 aromatic heterocycles. The Kier molecular flexibility index (Phi) is 4.94. The van der Waals surface area contributed by atoms with Gasteiger partial charge >= 0.3 is 6.03 Å². The number of carbonyl (C=O) groups is 1. The zero-order valence-electron chi connectivity index (χ0n) is 16.4. The van der Waals surface area contributed by atoms with Crippen molar-refractivity contribution >= 4 is 16.1 Å². The Bertz CT molecular complexity index is 696. The molecule has 5 atom stereocenters. The lowest BCUT2D eigenvalue weighted by atomic mass is 9.85. The normalized spacial score (nSPS) is 38.8. The van der Waals surface area contributed by atoms with Crippen LogP contribution in [0, 0.1) is 5.92 Å². The number of carbonyl (C=O) groups excluding carboxylic acids is 1. The van der Waals surface area contributed by atoms with Crippen molar-refractivity contribution in [2.75, 3.05) is 13.6 Å². The van der Waals surface area contributed by atoms with E-state index in [4.69, 9.17) is 0 Å². The Morgan fingerprint density at radius 3 is 2.52 bits per heavy atom. The van der Waals surface area contributed by atoms with E-state index in [9.17, 15) is 17.6 Å². The second-order valence-corrected chi connectivity index (χ2v) is 11.3. The van der Waals surface area contributed by atoms with E-state index >= 15 is 0 Å². The van der Waals surface area contributed by atoms with Gasteiger partial charge in [0.25, 0.3) is 0 Å². The highest BCUT2D eigenvalue weighted by atomic mass is 32.2. The van der Waals surface area contributed by atoms with Gasteiger partial charge in [0.2, 0.25) is 10.0 Å². The molecule has 4 fully saturated rings. The predicted octanol–water partition coefficient (Wildman–Crippen LogP) is 2.64. The molecule has 0 bridgehead atoms. The molecule has 4 aliphatic rings. The molecule has 3 aliphatic carbocycles. The van der Waals surface area contributed by atoms with Crippen LogP contribution in [0.2, 0.25) is 0 Å². The van der Waals surface area contributed by atoms with E-state index in [2.05, 4.69) is 4.72 Å². The van der Waals surface area contributed by atoms with Gasteiger partial charge in [0.1, 0.15) is 6.17 Å². The minimum atomic E-state index is -3.38. The van der Waals surface area contributed by atoms with Gasteiger partial charge in [0.15, 0.2) is 0 Å². The third kappa shape index (κ3) is 3.71. The van der Waals surface area contributed by atoms with Gasteiger partial charge < -0.3 is 9.80 Å². The van der Waals surface area contributed by atoms with E-state index < -0.39 is 21.4 Å². The van der Waals surface area contributed by atoms with Crippen molar-refractivity contribution in [1.29, 1.82) is 0 Å². The summed E-state index contributed by atoms with van der Waals surface area (Å²) < 4.78 is 42.7. The standard InChI is InChI=1S/C19H32FN3O3S/c1-19(9-10-19)21-27(25,26)14-7-8-16-17(11-14)22(2)18(24)23(16)12-13-5-3-4-6-15(13)20/h13-17,21H,3-12H2,1-2H3. The number of nitrogens with one attached hydrogen (secondary N) is 1. The van der Waals surface area contributed by atoms with E-state index in [0.717, 1.165) is 32.1 Å². The summed E-state index contributed by atoms with van der Waals surface area (Å²) in [7, 11) is -1.62. The van der Waals surface area contributed by atoms with Gasteiger partial charge in [0, 0.05) is 25.0 Å². The molecule has 8 heteroatoms. The molecule has 1 heterocycles. The lowest BCUT2D eigenvalue weighted by Crippen LogP contribution is -2.50. The first-order valence-corrected chi connectivity index (χ1v) is 12.0. The quantitative estimate of drug-likeness (QED) is 0.770. The van der Waals surface area contributed by atoms with Gasteiger partial charge in [-0.15, -0.1) is 0 Å². The van der Waals surface area contributed by atoms with Gasteiger partial charge in [-0.3, -0.25) is 0 Å². The number of amides is 2. The van der Waals surface area contributed by atoms with E-state index in [1.54, 1.807) is 11.9 Å². The summed E-state index contributed by atoms with van der Waals surface area (Å²) in [6.07, 6.45) is 6.07. The van der Waals surface area contributed by atoms with Crippen molar-refractivity contribution in [3.05, 3.63) is 0 Å². The summed E-state index contributed by atoms with van der Waals surface area (Å²) in [4.78, 5) is 16.3. The van der Waals surface area contributed by atoms with Crippen LogP contribution in [0.1, 0.15) is 64.7 Å². The largest absolute Gasteiger partial charge is 0.323 e.